The monoisotopic (exact) mass is 302 g/mol. The Bertz CT molecular complexity index is 695. The van der Waals surface area contributed by atoms with Crippen LogP contribution in [0, 0.1) is 0 Å². The molecular weight excluding hydrogens is 276 g/mol. The second-order valence-corrected chi connectivity index (χ2v) is 12.7. The summed E-state index contributed by atoms with van der Waals surface area (Å²) in [4.78, 5) is 0. The van der Waals surface area contributed by atoms with E-state index in [4.69, 9.17) is 4.74 Å². The molecule has 3 nitrogen and oxygen atoms in total. The van der Waals surface area contributed by atoms with Gasteiger partial charge in [0.25, 0.3) is 0 Å². The zero-order valence-corrected chi connectivity index (χ0v) is 15.0. The Balaban J connectivity index is 2.33. The van der Waals surface area contributed by atoms with E-state index < -0.39 is 8.24 Å². The molecule has 0 saturated carbocycles. The van der Waals surface area contributed by atoms with Crippen LogP contribution in [0.4, 0.5) is 5.69 Å². The minimum Gasteiger partial charge on any atom is -0.497 e. The van der Waals surface area contributed by atoms with Crippen molar-refractivity contribution in [2.24, 2.45) is 0 Å². The van der Waals surface area contributed by atoms with Gasteiger partial charge in [0.15, 0.2) is 8.24 Å². The van der Waals surface area contributed by atoms with Gasteiger partial charge in [-0.05, 0) is 23.2 Å². The van der Waals surface area contributed by atoms with Gasteiger partial charge in [0, 0.05) is 35.3 Å². The predicted octanol–water partition coefficient (Wildman–Crippen LogP) is 4.47. The van der Waals surface area contributed by atoms with E-state index in [1.807, 2.05) is 0 Å². The molecule has 1 aliphatic rings. The second-order valence-electron chi connectivity index (χ2n) is 7.58. The third-order valence-electron chi connectivity index (χ3n) is 5.34. The molecule has 0 fully saturated rings. The van der Waals surface area contributed by atoms with Crippen LogP contribution in [0.3, 0.4) is 0 Å². The number of nitrogens with one attached hydrogen (secondary N) is 1. The minimum atomic E-state index is -1.64. The number of anilines is 1. The van der Waals surface area contributed by atoms with Gasteiger partial charge < -0.3 is 14.3 Å². The fourth-order valence-electron chi connectivity index (χ4n) is 3.02. The molecule has 0 spiro atoms. The molecule has 4 heteroatoms. The highest BCUT2D eigenvalue weighted by molar-refractivity contribution is 6.79. The maximum atomic E-state index is 5.51. The number of methoxy groups -OCH3 is 1. The molecule has 0 aliphatic carbocycles. The van der Waals surface area contributed by atoms with Crippen LogP contribution < -0.4 is 10.1 Å². The maximum Gasteiger partial charge on any atom is 0.161 e. The van der Waals surface area contributed by atoms with Crippen LogP contribution in [0.2, 0.25) is 18.1 Å². The first kappa shape index (κ1) is 14.5. The molecule has 0 amide bonds. The van der Waals surface area contributed by atoms with Gasteiger partial charge in [-0.3, -0.25) is 0 Å². The SMILES string of the molecule is COc1cc2c3c(cn([Si](C)(C)C(C)(C)C)c3c1)CCN2. The summed E-state index contributed by atoms with van der Waals surface area (Å²) in [6.07, 6.45) is 3.52. The Kier molecular flexibility index (Phi) is 3.13. The van der Waals surface area contributed by atoms with Gasteiger partial charge in [0.05, 0.1) is 7.11 Å². The van der Waals surface area contributed by atoms with E-state index in [9.17, 15) is 0 Å². The molecule has 0 bridgehead atoms. The molecule has 1 aromatic heterocycles. The number of nitrogens with zero attached hydrogens (tertiary/aromatic N) is 1. The van der Waals surface area contributed by atoms with Crippen molar-refractivity contribution >= 4 is 24.8 Å². The summed E-state index contributed by atoms with van der Waals surface area (Å²) in [5.74, 6) is 0.941. The predicted molar refractivity (Wildman–Crippen MR) is 93.3 cm³/mol. The van der Waals surface area contributed by atoms with Crippen molar-refractivity contribution in [1.82, 2.24) is 4.23 Å². The van der Waals surface area contributed by atoms with Gasteiger partial charge in [-0.2, -0.15) is 0 Å². The summed E-state index contributed by atoms with van der Waals surface area (Å²) < 4.78 is 8.09. The van der Waals surface area contributed by atoms with E-state index >= 15 is 0 Å². The van der Waals surface area contributed by atoms with Crippen molar-refractivity contribution in [2.75, 3.05) is 19.0 Å². The average Bonchev–Trinajstić information content (AvgIpc) is 2.78. The number of aromatic nitrogens is 1. The summed E-state index contributed by atoms with van der Waals surface area (Å²) in [5.41, 5.74) is 4.03. The first-order valence-corrected chi connectivity index (χ1v) is 10.7. The minimum absolute atomic E-state index is 0.306. The summed E-state index contributed by atoms with van der Waals surface area (Å²) in [7, 11) is 0.109. The first-order valence-electron chi connectivity index (χ1n) is 7.72. The molecule has 0 saturated heterocycles. The maximum absolute atomic E-state index is 5.51. The first-order chi connectivity index (χ1) is 9.75. The standard InChI is InChI=1S/C17H26N2OSi/c1-17(2,3)21(5,6)19-11-12-7-8-18-14-9-13(20-4)10-15(19)16(12)14/h9-11,18H,7-8H2,1-6H3. The van der Waals surface area contributed by atoms with Crippen LogP contribution in [-0.2, 0) is 6.42 Å². The summed E-state index contributed by atoms with van der Waals surface area (Å²) in [6, 6.07) is 4.33. The Morgan fingerprint density at radius 1 is 1.24 bits per heavy atom. The zero-order chi connectivity index (χ0) is 15.4. The molecule has 3 rings (SSSR count). The summed E-state index contributed by atoms with van der Waals surface area (Å²) in [5, 5.41) is 5.23. The number of hydrogen-bond donors (Lipinski definition) is 1. The molecule has 0 atom stereocenters. The Morgan fingerprint density at radius 2 is 1.95 bits per heavy atom. The van der Waals surface area contributed by atoms with E-state index in [1.165, 1.54) is 22.2 Å². The highest BCUT2D eigenvalue weighted by Crippen LogP contribution is 2.43. The third kappa shape index (κ3) is 2.08. The molecule has 1 N–H and O–H groups in total. The lowest BCUT2D eigenvalue weighted by Crippen LogP contribution is -2.44. The fourth-order valence-corrected chi connectivity index (χ4v) is 5.00. The van der Waals surface area contributed by atoms with Crippen LogP contribution in [0.1, 0.15) is 26.3 Å². The van der Waals surface area contributed by atoms with E-state index in [0.717, 1.165) is 18.7 Å². The van der Waals surface area contributed by atoms with E-state index in [-0.39, 0.29) is 0 Å². The van der Waals surface area contributed by atoms with Crippen molar-refractivity contribution in [3.8, 4) is 5.75 Å². The number of hydrogen-bond acceptors (Lipinski definition) is 2. The molecule has 1 aliphatic heterocycles. The van der Waals surface area contributed by atoms with E-state index in [0.29, 0.717) is 5.04 Å². The molecule has 0 radical (unpaired) electrons. The fraction of sp³-hybridized carbons (Fsp3) is 0.529. The number of benzene rings is 1. The van der Waals surface area contributed by atoms with Crippen LogP contribution in [0.25, 0.3) is 10.9 Å². The lowest BCUT2D eigenvalue weighted by Gasteiger charge is -2.38. The number of ether oxygens (including phenoxy) is 1. The van der Waals surface area contributed by atoms with Gasteiger partial charge in [0.2, 0.25) is 0 Å². The van der Waals surface area contributed by atoms with Crippen molar-refractivity contribution in [1.29, 1.82) is 0 Å². The molecule has 21 heavy (non-hydrogen) atoms. The number of rotatable bonds is 2. The molecule has 2 heterocycles. The van der Waals surface area contributed by atoms with E-state index in [2.05, 4.69) is 61.7 Å². The van der Waals surface area contributed by atoms with Crippen LogP contribution in [0.15, 0.2) is 18.3 Å². The third-order valence-corrected chi connectivity index (χ3v) is 10.6. The van der Waals surface area contributed by atoms with Crippen molar-refractivity contribution in [3.05, 3.63) is 23.9 Å². The van der Waals surface area contributed by atoms with Gasteiger partial charge >= 0.3 is 0 Å². The van der Waals surface area contributed by atoms with Gasteiger partial charge in [-0.25, -0.2) is 0 Å². The molecule has 1 aromatic carbocycles. The van der Waals surface area contributed by atoms with Gasteiger partial charge in [-0.1, -0.05) is 33.9 Å². The van der Waals surface area contributed by atoms with Crippen molar-refractivity contribution in [2.45, 2.75) is 45.3 Å². The van der Waals surface area contributed by atoms with Crippen molar-refractivity contribution < 1.29 is 4.74 Å². The lowest BCUT2D eigenvalue weighted by molar-refractivity contribution is 0.415. The topological polar surface area (TPSA) is 26.2 Å². The average molecular weight is 302 g/mol. The van der Waals surface area contributed by atoms with E-state index in [1.54, 1.807) is 7.11 Å². The van der Waals surface area contributed by atoms with Crippen LogP contribution in [0.5, 0.6) is 5.75 Å². The summed E-state index contributed by atoms with van der Waals surface area (Å²) in [6.45, 7) is 13.0. The smallest absolute Gasteiger partial charge is 0.161 e. The van der Waals surface area contributed by atoms with Crippen molar-refractivity contribution in [3.63, 3.8) is 0 Å². The molecule has 0 unspecified atom stereocenters. The molecule has 114 valence electrons. The largest absolute Gasteiger partial charge is 0.497 e. The zero-order valence-electron chi connectivity index (χ0n) is 14.0. The van der Waals surface area contributed by atoms with Crippen LogP contribution in [-0.4, -0.2) is 26.1 Å². The Hall–Kier alpha value is -1.42. The Morgan fingerprint density at radius 3 is 2.57 bits per heavy atom. The Labute approximate surface area is 128 Å². The summed E-state index contributed by atoms with van der Waals surface area (Å²) >= 11 is 0. The van der Waals surface area contributed by atoms with Gasteiger partial charge in [-0.15, -0.1) is 0 Å². The highest BCUT2D eigenvalue weighted by Gasteiger charge is 2.39. The van der Waals surface area contributed by atoms with Crippen LogP contribution >= 0.6 is 0 Å². The molecular formula is C17H26N2OSi. The lowest BCUT2D eigenvalue weighted by atomic mass is 10.0. The van der Waals surface area contributed by atoms with Gasteiger partial charge in [0.1, 0.15) is 5.75 Å². The quantitative estimate of drug-likeness (QED) is 0.828. The normalized spacial score (nSPS) is 15.1. The molecule has 2 aromatic rings. The second kappa shape index (κ2) is 4.53. The highest BCUT2D eigenvalue weighted by atomic mass is 28.3.